The molecular weight excluding hydrogens is 354 g/mol. The SMILES string of the molecule is CCn1c(SCC(=O)NC(C)C)nc2sc3c(c2c1=O)CCC(C)C3. The second-order valence-corrected chi connectivity index (χ2v) is 9.01. The third kappa shape index (κ3) is 3.77. The lowest BCUT2D eigenvalue weighted by atomic mass is 9.89. The number of fused-ring (bicyclic) bond motifs is 3. The Morgan fingerprint density at radius 1 is 1.48 bits per heavy atom. The van der Waals surface area contributed by atoms with Crippen molar-refractivity contribution in [3.8, 4) is 0 Å². The molecule has 1 aliphatic carbocycles. The van der Waals surface area contributed by atoms with Crippen molar-refractivity contribution < 1.29 is 4.79 Å². The number of thioether (sulfide) groups is 1. The first-order chi connectivity index (χ1) is 11.9. The Hall–Kier alpha value is -1.34. The summed E-state index contributed by atoms with van der Waals surface area (Å²) < 4.78 is 1.71. The zero-order valence-corrected chi connectivity index (χ0v) is 16.9. The molecule has 0 spiro atoms. The third-order valence-corrected chi connectivity index (χ3v) is 6.60. The molecule has 1 unspecified atom stereocenters. The number of aryl methyl sites for hydroxylation is 1. The number of nitrogens with one attached hydrogen (secondary N) is 1. The minimum absolute atomic E-state index is 0.0312. The van der Waals surface area contributed by atoms with E-state index in [2.05, 4.69) is 12.2 Å². The molecule has 0 bridgehead atoms. The number of carbonyl (C=O) groups is 1. The van der Waals surface area contributed by atoms with Gasteiger partial charge in [0.05, 0.1) is 11.1 Å². The van der Waals surface area contributed by atoms with Crippen LogP contribution in [-0.4, -0.2) is 27.3 Å². The van der Waals surface area contributed by atoms with Crippen LogP contribution in [0.3, 0.4) is 0 Å². The molecule has 1 N–H and O–H groups in total. The highest BCUT2D eigenvalue weighted by atomic mass is 32.2. The van der Waals surface area contributed by atoms with Crippen molar-refractivity contribution in [3.05, 3.63) is 20.8 Å². The number of carbonyl (C=O) groups excluding carboxylic acids is 1. The van der Waals surface area contributed by atoms with E-state index in [1.54, 1.807) is 15.9 Å². The Balaban J connectivity index is 1.97. The third-order valence-electron chi connectivity index (χ3n) is 4.48. The normalized spacial score (nSPS) is 17.1. The number of rotatable bonds is 5. The molecule has 2 aromatic heterocycles. The number of thiophene rings is 1. The summed E-state index contributed by atoms with van der Waals surface area (Å²) in [5, 5.41) is 4.33. The van der Waals surface area contributed by atoms with Crippen molar-refractivity contribution >= 4 is 39.2 Å². The van der Waals surface area contributed by atoms with Crippen LogP contribution in [0.4, 0.5) is 0 Å². The molecule has 136 valence electrons. The molecule has 0 aliphatic heterocycles. The van der Waals surface area contributed by atoms with Crippen LogP contribution in [0.25, 0.3) is 10.2 Å². The second kappa shape index (κ2) is 7.50. The number of hydrogen-bond donors (Lipinski definition) is 1. The second-order valence-electron chi connectivity index (χ2n) is 6.99. The largest absolute Gasteiger partial charge is 0.353 e. The van der Waals surface area contributed by atoms with Crippen LogP contribution in [0.1, 0.15) is 44.6 Å². The van der Waals surface area contributed by atoms with Crippen molar-refractivity contribution in [1.82, 2.24) is 14.9 Å². The van der Waals surface area contributed by atoms with E-state index in [1.165, 1.54) is 22.2 Å². The summed E-state index contributed by atoms with van der Waals surface area (Å²) in [7, 11) is 0. The van der Waals surface area contributed by atoms with Crippen LogP contribution < -0.4 is 10.9 Å². The maximum atomic E-state index is 13.0. The summed E-state index contributed by atoms with van der Waals surface area (Å²) in [4.78, 5) is 31.9. The van der Waals surface area contributed by atoms with E-state index in [-0.39, 0.29) is 23.3 Å². The van der Waals surface area contributed by atoms with Gasteiger partial charge in [-0.25, -0.2) is 4.98 Å². The first-order valence-electron chi connectivity index (χ1n) is 8.87. The van der Waals surface area contributed by atoms with Gasteiger partial charge in [-0.2, -0.15) is 0 Å². The van der Waals surface area contributed by atoms with E-state index in [9.17, 15) is 9.59 Å². The number of amides is 1. The van der Waals surface area contributed by atoms with Gasteiger partial charge in [-0.3, -0.25) is 14.2 Å². The minimum atomic E-state index is -0.0312. The number of aromatic nitrogens is 2. The van der Waals surface area contributed by atoms with Gasteiger partial charge in [0.25, 0.3) is 5.56 Å². The van der Waals surface area contributed by atoms with Gasteiger partial charge in [0.2, 0.25) is 5.91 Å². The van der Waals surface area contributed by atoms with Crippen molar-refractivity contribution in [2.24, 2.45) is 5.92 Å². The summed E-state index contributed by atoms with van der Waals surface area (Å²) >= 11 is 3.00. The Labute approximate surface area is 156 Å². The monoisotopic (exact) mass is 379 g/mol. The minimum Gasteiger partial charge on any atom is -0.353 e. The van der Waals surface area contributed by atoms with Crippen LogP contribution in [0, 0.1) is 5.92 Å². The van der Waals surface area contributed by atoms with E-state index in [0.29, 0.717) is 17.6 Å². The highest BCUT2D eigenvalue weighted by molar-refractivity contribution is 7.99. The quantitative estimate of drug-likeness (QED) is 0.640. The fourth-order valence-corrected chi connectivity index (χ4v) is 5.59. The van der Waals surface area contributed by atoms with Gasteiger partial charge < -0.3 is 5.32 Å². The molecular formula is C18H25N3O2S2. The lowest BCUT2D eigenvalue weighted by molar-refractivity contribution is -0.119. The standard InChI is InChI=1S/C18H25N3O2S2/c1-5-21-17(23)15-12-7-6-11(4)8-13(12)25-16(15)20-18(21)24-9-14(22)19-10(2)3/h10-11H,5-9H2,1-4H3,(H,19,22). The summed E-state index contributed by atoms with van der Waals surface area (Å²) in [6, 6.07) is 0.114. The number of hydrogen-bond acceptors (Lipinski definition) is 5. The molecule has 0 radical (unpaired) electrons. The zero-order chi connectivity index (χ0) is 18.1. The Morgan fingerprint density at radius 2 is 2.24 bits per heavy atom. The average Bonchev–Trinajstić information content (AvgIpc) is 2.89. The van der Waals surface area contributed by atoms with E-state index in [1.807, 2.05) is 20.8 Å². The van der Waals surface area contributed by atoms with Crippen molar-refractivity contribution in [2.75, 3.05) is 5.75 Å². The van der Waals surface area contributed by atoms with Crippen LogP contribution in [-0.2, 0) is 24.2 Å². The molecule has 25 heavy (non-hydrogen) atoms. The lowest BCUT2D eigenvalue weighted by Crippen LogP contribution is -2.32. The molecule has 1 aliphatic rings. The van der Waals surface area contributed by atoms with Crippen LogP contribution in [0.15, 0.2) is 9.95 Å². The van der Waals surface area contributed by atoms with Gasteiger partial charge in [-0.1, -0.05) is 18.7 Å². The van der Waals surface area contributed by atoms with E-state index >= 15 is 0 Å². The molecule has 5 nitrogen and oxygen atoms in total. The number of nitrogens with zero attached hydrogens (tertiary/aromatic N) is 2. The Morgan fingerprint density at radius 3 is 2.92 bits per heavy atom. The summed E-state index contributed by atoms with van der Waals surface area (Å²) in [6.45, 7) is 8.66. The van der Waals surface area contributed by atoms with Gasteiger partial charge in [0.1, 0.15) is 4.83 Å². The molecule has 0 saturated heterocycles. The van der Waals surface area contributed by atoms with Gasteiger partial charge in [-0.15, -0.1) is 11.3 Å². The zero-order valence-electron chi connectivity index (χ0n) is 15.2. The molecule has 7 heteroatoms. The maximum absolute atomic E-state index is 13.0. The average molecular weight is 380 g/mol. The Kier molecular flexibility index (Phi) is 5.53. The maximum Gasteiger partial charge on any atom is 0.263 e. The molecule has 0 fully saturated rings. The van der Waals surface area contributed by atoms with Crippen LogP contribution in [0.5, 0.6) is 0 Å². The molecule has 0 saturated carbocycles. The van der Waals surface area contributed by atoms with E-state index in [0.717, 1.165) is 29.5 Å². The highest BCUT2D eigenvalue weighted by Crippen LogP contribution is 2.36. The predicted octanol–water partition coefficient (Wildman–Crippen LogP) is 3.22. The fourth-order valence-electron chi connectivity index (χ4n) is 3.29. The summed E-state index contributed by atoms with van der Waals surface area (Å²) in [6.07, 6.45) is 3.15. The van der Waals surface area contributed by atoms with Gasteiger partial charge in [-0.05, 0) is 51.5 Å². The fraction of sp³-hybridized carbons (Fsp3) is 0.611. The highest BCUT2D eigenvalue weighted by Gasteiger charge is 2.24. The van der Waals surface area contributed by atoms with Gasteiger partial charge >= 0.3 is 0 Å². The van der Waals surface area contributed by atoms with Crippen molar-refractivity contribution in [1.29, 1.82) is 0 Å². The molecule has 3 rings (SSSR count). The topological polar surface area (TPSA) is 64.0 Å². The first kappa shape index (κ1) is 18.5. The predicted molar refractivity (Wildman–Crippen MR) is 105 cm³/mol. The van der Waals surface area contributed by atoms with E-state index in [4.69, 9.17) is 4.98 Å². The molecule has 1 atom stereocenters. The van der Waals surface area contributed by atoms with Crippen LogP contribution in [0.2, 0.25) is 0 Å². The summed E-state index contributed by atoms with van der Waals surface area (Å²) in [5.41, 5.74) is 1.26. The molecule has 2 heterocycles. The van der Waals surface area contributed by atoms with Crippen molar-refractivity contribution in [3.63, 3.8) is 0 Å². The smallest absolute Gasteiger partial charge is 0.263 e. The van der Waals surface area contributed by atoms with Gasteiger partial charge in [0, 0.05) is 17.5 Å². The molecule has 1 amide bonds. The first-order valence-corrected chi connectivity index (χ1v) is 10.7. The lowest BCUT2D eigenvalue weighted by Gasteiger charge is -2.17. The van der Waals surface area contributed by atoms with Crippen molar-refractivity contribution in [2.45, 2.75) is 64.7 Å². The van der Waals surface area contributed by atoms with E-state index < -0.39 is 0 Å². The molecule has 0 aromatic carbocycles. The summed E-state index contributed by atoms with van der Waals surface area (Å²) in [5.74, 6) is 0.914. The van der Waals surface area contributed by atoms with Crippen LogP contribution >= 0.6 is 23.1 Å². The van der Waals surface area contributed by atoms with Gasteiger partial charge in [0.15, 0.2) is 5.16 Å². The Bertz CT molecular complexity index is 854. The molecule has 2 aromatic rings.